The first-order valence-corrected chi connectivity index (χ1v) is 11.2. The Hall–Kier alpha value is -3.41. The number of benzene rings is 2. The van der Waals surface area contributed by atoms with Gasteiger partial charge in [0.2, 0.25) is 5.91 Å². The molecular weight excluding hydrogens is 402 g/mol. The van der Waals surface area contributed by atoms with Crippen molar-refractivity contribution in [2.24, 2.45) is 11.8 Å². The second-order valence-corrected chi connectivity index (χ2v) is 8.37. The van der Waals surface area contributed by atoms with E-state index in [-0.39, 0.29) is 17.7 Å². The first kappa shape index (κ1) is 21.8. The molecule has 2 N–H and O–H groups in total. The predicted molar refractivity (Wildman–Crippen MR) is 124 cm³/mol. The van der Waals surface area contributed by atoms with Crippen molar-refractivity contribution in [1.29, 1.82) is 0 Å². The molecule has 1 aliphatic rings. The Labute approximate surface area is 188 Å². The lowest BCUT2D eigenvalue weighted by Gasteiger charge is -2.28. The summed E-state index contributed by atoms with van der Waals surface area (Å²) in [5.74, 6) is 1.02. The molecule has 0 radical (unpaired) electrons. The van der Waals surface area contributed by atoms with Gasteiger partial charge in [0.05, 0.1) is 12.7 Å². The lowest BCUT2D eigenvalue weighted by molar-refractivity contribution is -0.126. The average molecular weight is 432 g/mol. The third-order valence-electron chi connectivity index (χ3n) is 6.29. The van der Waals surface area contributed by atoms with Gasteiger partial charge in [-0.2, -0.15) is 0 Å². The van der Waals surface area contributed by atoms with E-state index in [1.54, 1.807) is 19.5 Å². The second kappa shape index (κ2) is 10.3. The zero-order valence-electron chi connectivity index (χ0n) is 18.3. The molecule has 0 saturated heterocycles. The molecule has 6 heteroatoms. The summed E-state index contributed by atoms with van der Waals surface area (Å²) < 4.78 is 5.56. The number of nitrogens with zero attached hydrogens (tertiary/aromatic N) is 1. The van der Waals surface area contributed by atoms with Gasteiger partial charge in [-0.25, -0.2) is 0 Å². The molecule has 1 aromatic heterocycles. The summed E-state index contributed by atoms with van der Waals surface area (Å²) in [6, 6.07) is 15.5. The lowest BCUT2D eigenvalue weighted by atomic mass is 9.81. The van der Waals surface area contributed by atoms with Crippen LogP contribution in [0, 0.1) is 11.8 Å². The molecule has 0 aliphatic heterocycles. The molecule has 6 nitrogen and oxygen atoms in total. The highest BCUT2D eigenvalue weighted by Gasteiger charge is 2.26. The van der Waals surface area contributed by atoms with Gasteiger partial charge >= 0.3 is 0 Å². The van der Waals surface area contributed by atoms with Crippen LogP contribution < -0.4 is 15.4 Å². The molecule has 0 bridgehead atoms. The molecule has 32 heavy (non-hydrogen) atoms. The molecular formula is C26H29N3O3. The van der Waals surface area contributed by atoms with Gasteiger partial charge in [-0.3, -0.25) is 14.6 Å². The van der Waals surface area contributed by atoms with Crippen molar-refractivity contribution in [1.82, 2.24) is 15.6 Å². The van der Waals surface area contributed by atoms with Gasteiger partial charge in [0.1, 0.15) is 5.75 Å². The minimum absolute atomic E-state index is 0.0409. The monoisotopic (exact) mass is 431 g/mol. The Morgan fingerprint density at radius 2 is 1.81 bits per heavy atom. The van der Waals surface area contributed by atoms with Crippen LogP contribution in [-0.2, 0) is 11.3 Å². The fourth-order valence-corrected chi connectivity index (χ4v) is 4.44. The molecule has 1 saturated carbocycles. The highest BCUT2D eigenvalue weighted by Crippen LogP contribution is 2.31. The number of hydrogen-bond donors (Lipinski definition) is 2. The molecule has 2 amide bonds. The van der Waals surface area contributed by atoms with E-state index in [1.807, 2.05) is 48.5 Å². The van der Waals surface area contributed by atoms with Crippen molar-refractivity contribution in [3.8, 4) is 5.75 Å². The SMILES string of the molecule is COc1c(C(=O)NCC2CCC(C(=O)NCc3cccnc3)CC2)ccc2ccccc12. The first-order valence-electron chi connectivity index (χ1n) is 11.2. The Kier molecular flexibility index (Phi) is 7.00. The number of rotatable bonds is 7. The van der Waals surface area contributed by atoms with Crippen LogP contribution in [0.3, 0.4) is 0 Å². The summed E-state index contributed by atoms with van der Waals surface area (Å²) in [5, 5.41) is 8.07. The number of carbonyl (C=O) groups excluding carboxylic acids is 2. The van der Waals surface area contributed by atoms with Crippen LogP contribution >= 0.6 is 0 Å². The highest BCUT2D eigenvalue weighted by molar-refractivity contribution is 6.03. The van der Waals surface area contributed by atoms with E-state index in [0.717, 1.165) is 42.0 Å². The minimum atomic E-state index is -0.121. The summed E-state index contributed by atoms with van der Waals surface area (Å²) in [4.78, 5) is 29.4. The highest BCUT2D eigenvalue weighted by atomic mass is 16.5. The van der Waals surface area contributed by atoms with Crippen LogP contribution in [0.25, 0.3) is 10.8 Å². The van der Waals surface area contributed by atoms with Crippen LogP contribution in [0.2, 0.25) is 0 Å². The van der Waals surface area contributed by atoms with Crippen LogP contribution in [-0.4, -0.2) is 30.5 Å². The Balaban J connectivity index is 1.26. The Bertz CT molecular complexity index is 1080. The van der Waals surface area contributed by atoms with E-state index >= 15 is 0 Å². The molecule has 1 aliphatic carbocycles. The van der Waals surface area contributed by atoms with E-state index in [1.165, 1.54) is 0 Å². The molecule has 2 aromatic carbocycles. The maximum Gasteiger partial charge on any atom is 0.255 e. The third-order valence-corrected chi connectivity index (χ3v) is 6.29. The normalized spacial score (nSPS) is 18.2. The molecule has 1 fully saturated rings. The number of fused-ring (bicyclic) bond motifs is 1. The number of ether oxygens (including phenoxy) is 1. The van der Waals surface area contributed by atoms with Crippen molar-refractivity contribution in [3.63, 3.8) is 0 Å². The zero-order chi connectivity index (χ0) is 22.3. The van der Waals surface area contributed by atoms with Crippen molar-refractivity contribution < 1.29 is 14.3 Å². The van der Waals surface area contributed by atoms with E-state index in [0.29, 0.717) is 30.3 Å². The van der Waals surface area contributed by atoms with E-state index < -0.39 is 0 Å². The molecule has 4 rings (SSSR count). The smallest absolute Gasteiger partial charge is 0.255 e. The van der Waals surface area contributed by atoms with Gasteiger partial charge in [0, 0.05) is 36.8 Å². The van der Waals surface area contributed by atoms with Crippen molar-refractivity contribution >= 4 is 22.6 Å². The third kappa shape index (κ3) is 5.07. The van der Waals surface area contributed by atoms with Crippen molar-refractivity contribution in [2.45, 2.75) is 32.2 Å². The Morgan fingerprint density at radius 1 is 1.00 bits per heavy atom. The molecule has 3 aromatic rings. The maximum absolute atomic E-state index is 12.8. The average Bonchev–Trinajstić information content (AvgIpc) is 2.86. The number of hydrogen-bond acceptors (Lipinski definition) is 4. The number of methoxy groups -OCH3 is 1. The summed E-state index contributed by atoms with van der Waals surface area (Å²) in [6.45, 7) is 1.12. The largest absolute Gasteiger partial charge is 0.495 e. The zero-order valence-corrected chi connectivity index (χ0v) is 18.3. The number of nitrogens with one attached hydrogen (secondary N) is 2. The molecule has 0 atom stereocenters. The first-order chi connectivity index (χ1) is 15.7. The molecule has 166 valence electrons. The van der Waals surface area contributed by atoms with Gasteiger partial charge in [-0.1, -0.05) is 36.4 Å². The summed E-state index contributed by atoms with van der Waals surface area (Å²) >= 11 is 0. The molecule has 0 spiro atoms. The second-order valence-electron chi connectivity index (χ2n) is 8.37. The van der Waals surface area contributed by atoms with Gasteiger partial charge < -0.3 is 15.4 Å². The van der Waals surface area contributed by atoms with Gasteiger partial charge in [-0.05, 0) is 54.7 Å². The van der Waals surface area contributed by atoms with Crippen molar-refractivity contribution in [2.75, 3.05) is 13.7 Å². The van der Waals surface area contributed by atoms with Crippen LogP contribution in [0.15, 0.2) is 60.9 Å². The lowest BCUT2D eigenvalue weighted by Crippen LogP contribution is -2.36. The van der Waals surface area contributed by atoms with Crippen LogP contribution in [0.1, 0.15) is 41.6 Å². The maximum atomic E-state index is 12.8. The molecule has 1 heterocycles. The van der Waals surface area contributed by atoms with E-state index in [4.69, 9.17) is 4.74 Å². The minimum Gasteiger partial charge on any atom is -0.495 e. The Morgan fingerprint density at radius 3 is 2.56 bits per heavy atom. The fraction of sp³-hybridized carbons (Fsp3) is 0.346. The quantitative estimate of drug-likeness (QED) is 0.590. The van der Waals surface area contributed by atoms with Gasteiger partial charge in [0.25, 0.3) is 5.91 Å². The molecule has 0 unspecified atom stereocenters. The van der Waals surface area contributed by atoms with E-state index in [9.17, 15) is 9.59 Å². The fourth-order valence-electron chi connectivity index (χ4n) is 4.44. The summed E-state index contributed by atoms with van der Waals surface area (Å²) in [6.07, 6.45) is 7.05. The number of carbonyl (C=O) groups is 2. The summed E-state index contributed by atoms with van der Waals surface area (Å²) in [7, 11) is 1.60. The van der Waals surface area contributed by atoms with Gasteiger partial charge in [0.15, 0.2) is 0 Å². The topological polar surface area (TPSA) is 80.3 Å². The predicted octanol–water partition coefficient (Wildman–Crippen LogP) is 4.10. The van der Waals surface area contributed by atoms with Crippen molar-refractivity contribution in [3.05, 3.63) is 72.1 Å². The van der Waals surface area contributed by atoms with E-state index in [2.05, 4.69) is 15.6 Å². The number of amides is 2. The van der Waals surface area contributed by atoms with Crippen LogP contribution in [0.4, 0.5) is 0 Å². The van der Waals surface area contributed by atoms with Gasteiger partial charge in [-0.15, -0.1) is 0 Å². The number of pyridine rings is 1. The number of aromatic nitrogens is 1. The van der Waals surface area contributed by atoms with Crippen LogP contribution in [0.5, 0.6) is 5.75 Å². The summed E-state index contributed by atoms with van der Waals surface area (Å²) in [5.41, 5.74) is 1.55. The standard InChI is InChI=1S/C26H29N3O3/c1-32-24-22-7-3-2-6-20(22)12-13-23(24)26(31)29-16-18-8-10-21(11-9-18)25(30)28-17-19-5-4-14-27-15-19/h2-7,12-15,18,21H,8-11,16-17H2,1H3,(H,28,30)(H,29,31).